The molecule has 0 aliphatic rings. The van der Waals surface area contributed by atoms with Crippen LogP contribution in [-0.2, 0) is 19.1 Å². The Bertz CT molecular complexity index is 852. The Kier molecular flexibility index (Phi) is 8.47. The van der Waals surface area contributed by atoms with E-state index in [0.717, 1.165) is 5.56 Å². The second-order valence-electron chi connectivity index (χ2n) is 5.95. The van der Waals surface area contributed by atoms with E-state index >= 15 is 0 Å². The van der Waals surface area contributed by atoms with E-state index in [4.69, 9.17) is 14.2 Å². The molecule has 0 aliphatic heterocycles. The van der Waals surface area contributed by atoms with Crippen molar-refractivity contribution in [2.24, 2.45) is 0 Å². The van der Waals surface area contributed by atoms with Gasteiger partial charge < -0.3 is 24.4 Å². The number of hydrogen-bond donors (Lipinski definition) is 2. The van der Waals surface area contributed by atoms with Gasteiger partial charge in [0, 0.05) is 12.2 Å². The van der Waals surface area contributed by atoms with Gasteiger partial charge in [0.15, 0.2) is 0 Å². The molecule has 152 valence electrons. The van der Waals surface area contributed by atoms with Crippen molar-refractivity contribution in [1.82, 2.24) is 0 Å². The largest absolute Gasteiger partial charge is 0.508 e. The lowest BCUT2D eigenvalue weighted by atomic mass is 10.2. The van der Waals surface area contributed by atoms with Crippen LogP contribution in [-0.4, -0.2) is 48.6 Å². The Morgan fingerprint density at radius 1 is 0.862 bits per heavy atom. The standard InChI is InChI=1S/C22H22O7/c1-27-20-10-4-17(5-11-20)7-13-22(26)29-15-19(24)14-28-21(25)12-6-16-2-8-18(23)9-3-16/h2-13,19,23-24H,14-15H2,1H3/b12-6+,13-7+/t19-/m0/s1. The zero-order valence-electron chi connectivity index (χ0n) is 15.9. The molecular formula is C22H22O7. The molecule has 0 unspecified atom stereocenters. The van der Waals surface area contributed by atoms with Gasteiger partial charge in [0.1, 0.15) is 30.8 Å². The maximum absolute atomic E-state index is 11.7. The zero-order valence-corrected chi connectivity index (χ0v) is 15.9. The smallest absolute Gasteiger partial charge is 0.330 e. The number of rotatable bonds is 9. The van der Waals surface area contributed by atoms with Crippen molar-refractivity contribution >= 4 is 24.1 Å². The van der Waals surface area contributed by atoms with Crippen molar-refractivity contribution in [3.05, 3.63) is 71.8 Å². The van der Waals surface area contributed by atoms with E-state index in [2.05, 4.69) is 0 Å². The third-order valence-electron chi connectivity index (χ3n) is 3.67. The number of ether oxygens (including phenoxy) is 3. The van der Waals surface area contributed by atoms with Gasteiger partial charge in [-0.25, -0.2) is 9.59 Å². The van der Waals surface area contributed by atoms with E-state index in [1.807, 2.05) is 0 Å². The molecule has 2 aromatic carbocycles. The van der Waals surface area contributed by atoms with Crippen molar-refractivity contribution in [3.8, 4) is 11.5 Å². The number of phenols is 1. The molecule has 0 saturated carbocycles. The van der Waals surface area contributed by atoms with Gasteiger partial charge in [0.05, 0.1) is 7.11 Å². The number of carbonyl (C=O) groups excluding carboxylic acids is 2. The molecule has 0 aromatic heterocycles. The molecule has 0 bridgehead atoms. The monoisotopic (exact) mass is 398 g/mol. The summed E-state index contributed by atoms with van der Waals surface area (Å²) in [5.41, 5.74) is 1.50. The Hall–Kier alpha value is -3.58. The summed E-state index contributed by atoms with van der Waals surface area (Å²) in [5, 5.41) is 19.0. The highest BCUT2D eigenvalue weighted by Gasteiger charge is 2.09. The molecule has 0 aliphatic carbocycles. The van der Waals surface area contributed by atoms with Crippen LogP contribution in [0.2, 0.25) is 0 Å². The number of aliphatic hydroxyl groups is 1. The summed E-state index contributed by atoms with van der Waals surface area (Å²) in [7, 11) is 1.57. The Morgan fingerprint density at radius 2 is 1.31 bits per heavy atom. The number of phenolic OH excluding ortho intramolecular Hbond substituents is 1. The number of hydrogen-bond acceptors (Lipinski definition) is 7. The minimum absolute atomic E-state index is 0.126. The quantitative estimate of drug-likeness (QED) is 0.494. The van der Waals surface area contributed by atoms with Crippen LogP contribution >= 0.6 is 0 Å². The van der Waals surface area contributed by atoms with Gasteiger partial charge >= 0.3 is 11.9 Å². The minimum Gasteiger partial charge on any atom is -0.508 e. The Morgan fingerprint density at radius 3 is 1.76 bits per heavy atom. The van der Waals surface area contributed by atoms with Crippen LogP contribution in [0.15, 0.2) is 60.7 Å². The van der Waals surface area contributed by atoms with Crippen LogP contribution in [0.4, 0.5) is 0 Å². The number of methoxy groups -OCH3 is 1. The number of benzene rings is 2. The first-order valence-corrected chi connectivity index (χ1v) is 8.77. The first kappa shape index (κ1) is 21.7. The summed E-state index contributed by atoms with van der Waals surface area (Å²) >= 11 is 0. The van der Waals surface area contributed by atoms with E-state index in [1.165, 1.54) is 30.4 Å². The number of esters is 2. The van der Waals surface area contributed by atoms with E-state index in [9.17, 15) is 19.8 Å². The fraction of sp³-hybridized carbons (Fsp3) is 0.182. The molecule has 0 heterocycles. The lowest BCUT2D eigenvalue weighted by Crippen LogP contribution is -2.24. The lowest BCUT2D eigenvalue weighted by molar-refractivity contribution is -0.146. The molecule has 0 saturated heterocycles. The van der Waals surface area contributed by atoms with Gasteiger partial charge in [-0.3, -0.25) is 0 Å². The van der Waals surface area contributed by atoms with Crippen molar-refractivity contribution in [3.63, 3.8) is 0 Å². The van der Waals surface area contributed by atoms with Crippen molar-refractivity contribution in [2.75, 3.05) is 20.3 Å². The van der Waals surface area contributed by atoms with Crippen molar-refractivity contribution in [2.45, 2.75) is 6.10 Å². The molecule has 0 spiro atoms. The topological polar surface area (TPSA) is 102 Å². The zero-order chi connectivity index (χ0) is 21.1. The van der Waals surface area contributed by atoms with Gasteiger partial charge in [0.25, 0.3) is 0 Å². The Balaban J connectivity index is 1.68. The van der Waals surface area contributed by atoms with Crippen LogP contribution < -0.4 is 4.74 Å². The molecule has 2 aromatic rings. The van der Waals surface area contributed by atoms with Crippen LogP contribution in [0.25, 0.3) is 12.2 Å². The molecule has 29 heavy (non-hydrogen) atoms. The third-order valence-corrected chi connectivity index (χ3v) is 3.67. The van der Waals surface area contributed by atoms with Gasteiger partial charge in [-0.2, -0.15) is 0 Å². The summed E-state index contributed by atoms with van der Waals surface area (Å²) < 4.78 is 14.8. The molecule has 2 N–H and O–H groups in total. The molecule has 2 rings (SSSR count). The van der Waals surface area contributed by atoms with Crippen molar-refractivity contribution < 1.29 is 34.0 Å². The maximum atomic E-state index is 11.7. The van der Waals surface area contributed by atoms with Crippen molar-refractivity contribution in [1.29, 1.82) is 0 Å². The summed E-state index contributed by atoms with van der Waals surface area (Å²) in [4.78, 5) is 23.3. The van der Waals surface area contributed by atoms with Gasteiger partial charge in [0.2, 0.25) is 0 Å². The summed E-state index contributed by atoms with van der Waals surface area (Å²) in [6.07, 6.45) is 4.38. The van der Waals surface area contributed by atoms with E-state index in [1.54, 1.807) is 49.6 Å². The SMILES string of the molecule is COc1ccc(/C=C/C(=O)OC[C@@H](O)COC(=O)/C=C/c2ccc(O)cc2)cc1. The fourth-order valence-electron chi connectivity index (χ4n) is 2.13. The average molecular weight is 398 g/mol. The number of aromatic hydroxyl groups is 1. The van der Waals surface area contributed by atoms with Crippen LogP contribution in [0.5, 0.6) is 11.5 Å². The minimum atomic E-state index is -1.14. The number of aliphatic hydroxyl groups excluding tert-OH is 1. The fourth-order valence-corrected chi connectivity index (χ4v) is 2.13. The average Bonchev–Trinajstić information content (AvgIpc) is 2.74. The molecule has 0 radical (unpaired) electrons. The molecule has 0 amide bonds. The lowest BCUT2D eigenvalue weighted by Gasteiger charge is -2.10. The highest BCUT2D eigenvalue weighted by atomic mass is 16.6. The highest BCUT2D eigenvalue weighted by Crippen LogP contribution is 2.12. The molecule has 1 atom stereocenters. The van der Waals surface area contributed by atoms with Crippen LogP contribution in [0, 0.1) is 0 Å². The predicted octanol–water partition coefficient (Wildman–Crippen LogP) is 2.57. The second kappa shape index (κ2) is 11.3. The van der Waals surface area contributed by atoms with E-state index in [0.29, 0.717) is 11.3 Å². The second-order valence-corrected chi connectivity index (χ2v) is 5.95. The third kappa shape index (κ3) is 8.32. The Labute approximate surface area is 168 Å². The first-order valence-electron chi connectivity index (χ1n) is 8.77. The van der Waals surface area contributed by atoms with E-state index in [-0.39, 0.29) is 19.0 Å². The predicted molar refractivity (Wildman–Crippen MR) is 107 cm³/mol. The molecule has 0 fully saturated rings. The molecule has 7 nitrogen and oxygen atoms in total. The molecular weight excluding hydrogens is 376 g/mol. The normalized spacial score (nSPS) is 12.1. The van der Waals surface area contributed by atoms with Crippen LogP contribution in [0.3, 0.4) is 0 Å². The summed E-state index contributed by atoms with van der Waals surface area (Å²) in [5.74, 6) is -0.442. The first-order chi connectivity index (χ1) is 14.0. The van der Waals surface area contributed by atoms with Gasteiger partial charge in [-0.1, -0.05) is 24.3 Å². The van der Waals surface area contributed by atoms with E-state index < -0.39 is 18.0 Å². The maximum Gasteiger partial charge on any atom is 0.330 e. The molecule has 7 heteroatoms. The van der Waals surface area contributed by atoms with Gasteiger partial charge in [-0.15, -0.1) is 0 Å². The highest BCUT2D eigenvalue weighted by molar-refractivity contribution is 5.87. The number of carbonyl (C=O) groups is 2. The summed E-state index contributed by atoms with van der Waals surface area (Å²) in [6, 6.07) is 13.3. The van der Waals surface area contributed by atoms with Crippen LogP contribution in [0.1, 0.15) is 11.1 Å². The van der Waals surface area contributed by atoms with Gasteiger partial charge in [-0.05, 0) is 47.5 Å². The summed E-state index contributed by atoms with van der Waals surface area (Å²) in [6.45, 7) is -0.616.